The van der Waals surface area contributed by atoms with Gasteiger partial charge in [-0.25, -0.2) is 4.39 Å². The highest BCUT2D eigenvalue weighted by Gasteiger charge is 2.31. The fourth-order valence-corrected chi connectivity index (χ4v) is 8.13. The van der Waals surface area contributed by atoms with Crippen molar-refractivity contribution in [2.24, 2.45) is 5.92 Å². The van der Waals surface area contributed by atoms with E-state index in [0.717, 1.165) is 51.9 Å². The van der Waals surface area contributed by atoms with E-state index >= 15 is 0 Å². The third-order valence-electron chi connectivity index (χ3n) is 11.2. The molecule has 0 spiro atoms. The average molecular weight is 702 g/mol. The fraction of sp³-hybridized carbons (Fsp3) is 0.575. The Morgan fingerprint density at radius 3 is 2.06 bits per heavy atom. The summed E-state index contributed by atoms with van der Waals surface area (Å²) in [6.07, 6.45) is 11.7. The fourth-order valence-electron chi connectivity index (χ4n) is 8.13. The molecular weight excluding hydrogens is 649 g/mol. The maximum absolute atomic E-state index is 14.9. The Hall–Kier alpha value is -3.96. The van der Waals surface area contributed by atoms with Gasteiger partial charge in [-0.15, -0.1) is 0 Å². The smallest absolute Gasteiger partial charge is 0.256 e. The van der Waals surface area contributed by atoms with Crippen LogP contribution in [0.4, 0.5) is 4.39 Å². The zero-order chi connectivity index (χ0) is 35.7. The van der Waals surface area contributed by atoms with Gasteiger partial charge in [-0.05, 0) is 62.1 Å². The quantitative estimate of drug-likeness (QED) is 0.262. The minimum absolute atomic E-state index is 0.0361. The summed E-state index contributed by atoms with van der Waals surface area (Å²) in [6, 6.07) is 11.1. The largest absolute Gasteiger partial charge is 0.375 e. The topological polar surface area (TPSA) is 114 Å². The molecule has 3 amide bonds. The number of likely N-dealkylation sites (tertiary alicyclic amines) is 2. The summed E-state index contributed by atoms with van der Waals surface area (Å²) in [5.74, 6) is -0.130. The van der Waals surface area contributed by atoms with Crippen LogP contribution in [0.15, 0.2) is 42.5 Å². The number of carbonyl (C=O) groups excluding carboxylic acids is 4. The number of hydrogen-bond donors (Lipinski definition) is 1. The lowest BCUT2D eigenvalue weighted by Gasteiger charge is -2.38. The van der Waals surface area contributed by atoms with Gasteiger partial charge in [-0.1, -0.05) is 49.6 Å². The van der Waals surface area contributed by atoms with E-state index in [0.29, 0.717) is 73.9 Å². The summed E-state index contributed by atoms with van der Waals surface area (Å²) < 4.78 is 21.3. The number of rotatable bonds is 11. The van der Waals surface area contributed by atoms with Gasteiger partial charge in [0, 0.05) is 82.0 Å². The number of benzene rings is 2. The van der Waals surface area contributed by atoms with E-state index in [1.54, 1.807) is 40.1 Å². The van der Waals surface area contributed by atoms with Crippen LogP contribution >= 0.6 is 0 Å². The molecule has 0 radical (unpaired) electrons. The summed E-state index contributed by atoms with van der Waals surface area (Å²) in [6.45, 7) is 4.90. The number of hydrogen-bond acceptors (Lipinski definition) is 7. The second-order valence-electron chi connectivity index (χ2n) is 14.7. The first-order chi connectivity index (χ1) is 24.8. The average Bonchev–Trinajstić information content (AvgIpc) is 3.16. The van der Waals surface area contributed by atoms with Crippen molar-refractivity contribution in [3.63, 3.8) is 0 Å². The molecule has 11 heteroatoms. The summed E-state index contributed by atoms with van der Waals surface area (Å²) in [7, 11) is 0. The van der Waals surface area contributed by atoms with Crippen molar-refractivity contribution in [1.29, 1.82) is 5.41 Å². The van der Waals surface area contributed by atoms with Gasteiger partial charge in [-0.3, -0.25) is 24.1 Å². The molecule has 0 unspecified atom stereocenters. The van der Waals surface area contributed by atoms with Gasteiger partial charge in [0.1, 0.15) is 5.82 Å². The third-order valence-corrected chi connectivity index (χ3v) is 11.2. The molecule has 0 atom stereocenters. The standard InChI is InChI=1S/C40H52FN5O5/c41-36-11-10-30(25-37(42)34-9-5-4-8-31(34)28-47)24-35(36)40(50)46-22-20-45(21-23-46)39(49)27-43-16-12-32(13-17-43)51-33-14-18-44(19-15-33)38(48)26-29-6-2-1-3-7-29/h4-5,8-11,24,28-29,32-33,42H,1-3,6-7,12-23,25-27H2. The van der Waals surface area contributed by atoms with E-state index in [-0.39, 0.29) is 35.8 Å². The number of carbonyl (C=O) groups is 4. The van der Waals surface area contributed by atoms with Gasteiger partial charge >= 0.3 is 0 Å². The predicted octanol–water partition coefficient (Wildman–Crippen LogP) is 4.98. The number of nitrogens with zero attached hydrogens (tertiary/aromatic N) is 4. The summed E-state index contributed by atoms with van der Waals surface area (Å²) in [5, 5.41) is 8.50. The zero-order valence-corrected chi connectivity index (χ0v) is 29.7. The number of aldehydes is 1. The Balaban J connectivity index is 0.896. The zero-order valence-electron chi connectivity index (χ0n) is 29.7. The number of piperazine rings is 1. The minimum Gasteiger partial charge on any atom is -0.375 e. The van der Waals surface area contributed by atoms with Gasteiger partial charge in [0.05, 0.1) is 24.3 Å². The third kappa shape index (κ3) is 9.68. The Kier molecular flexibility index (Phi) is 12.6. The molecule has 0 aromatic heterocycles. The predicted molar refractivity (Wildman–Crippen MR) is 193 cm³/mol. The van der Waals surface area contributed by atoms with Crippen LogP contribution < -0.4 is 0 Å². The van der Waals surface area contributed by atoms with Crippen molar-refractivity contribution in [2.45, 2.75) is 82.8 Å². The molecule has 4 fully saturated rings. The number of ether oxygens (including phenoxy) is 1. The van der Waals surface area contributed by atoms with Crippen LogP contribution in [0, 0.1) is 17.1 Å². The van der Waals surface area contributed by atoms with E-state index in [9.17, 15) is 23.6 Å². The van der Waals surface area contributed by atoms with Crippen molar-refractivity contribution >= 4 is 29.7 Å². The van der Waals surface area contributed by atoms with Crippen LogP contribution in [0.2, 0.25) is 0 Å². The summed E-state index contributed by atoms with van der Waals surface area (Å²) in [5.41, 5.74) is 1.68. The number of amides is 3. The van der Waals surface area contributed by atoms with Crippen LogP contribution in [-0.2, 0) is 20.7 Å². The Morgan fingerprint density at radius 2 is 1.37 bits per heavy atom. The van der Waals surface area contributed by atoms with Crippen LogP contribution in [0.5, 0.6) is 0 Å². The SMILES string of the molecule is N=C(Cc1ccc(F)c(C(=O)N2CCN(C(=O)CN3CCC(OC4CCN(C(=O)CC5CCCCC5)CC4)CC3)CC2)c1)c1ccccc1C=O. The van der Waals surface area contributed by atoms with Crippen LogP contribution in [-0.4, -0.2) is 120 Å². The Morgan fingerprint density at radius 1 is 0.745 bits per heavy atom. The maximum atomic E-state index is 14.9. The molecule has 1 N–H and O–H groups in total. The molecule has 51 heavy (non-hydrogen) atoms. The number of nitrogens with one attached hydrogen (secondary N) is 1. The van der Waals surface area contributed by atoms with Gasteiger partial charge < -0.3 is 24.8 Å². The molecule has 274 valence electrons. The molecule has 10 nitrogen and oxygen atoms in total. The van der Waals surface area contributed by atoms with E-state index in [1.807, 2.05) is 4.90 Å². The molecule has 4 aliphatic rings. The lowest BCUT2D eigenvalue weighted by atomic mass is 9.86. The summed E-state index contributed by atoms with van der Waals surface area (Å²) in [4.78, 5) is 58.4. The molecule has 1 saturated carbocycles. The molecule has 0 bridgehead atoms. The molecule has 6 rings (SSSR count). The Labute approximate surface area is 300 Å². The van der Waals surface area contributed by atoms with Crippen LogP contribution in [0.25, 0.3) is 0 Å². The number of halogens is 1. The highest BCUT2D eigenvalue weighted by Crippen LogP contribution is 2.28. The summed E-state index contributed by atoms with van der Waals surface area (Å²) >= 11 is 0. The molecule has 3 aliphatic heterocycles. The van der Waals surface area contributed by atoms with Crippen molar-refractivity contribution < 1.29 is 28.3 Å². The van der Waals surface area contributed by atoms with Crippen molar-refractivity contribution in [3.05, 3.63) is 70.5 Å². The lowest BCUT2D eigenvalue weighted by Crippen LogP contribution is -2.53. The second-order valence-corrected chi connectivity index (χ2v) is 14.7. The van der Waals surface area contributed by atoms with Gasteiger partial charge in [0.25, 0.3) is 5.91 Å². The first kappa shape index (κ1) is 36.8. The van der Waals surface area contributed by atoms with Gasteiger partial charge in [0.15, 0.2) is 6.29 Å². The molecule has 3 heterocycles. The second kappa shape index (κ2) is 17.5. The monoisotopic (exact) mass is 701 g/mol. The van der Waals surface area contributed by atoms with E-state index < -0.39 is 11.7 Å². The first-order valence-corrected chi connectivity index (χ1v) is 18.9. The lowest BCUT2D eigenvalue weighted by molar-refractivity contribution is -0.138. The molecule has 2 aromatic rings. The highest BCUT2D eigenvalue weighted by molar-refractivity contribution is 6.05. The first-order valence-electron chi connectivity index (χ1n) is 18.9. The maximum Gasteiger partial charge on any atom is 0.256 e. The molecular formula is C40H52FN5O5. The van der Waals surface area contributed by atoms with Crippen LogP contribution in [0.1, 0.15) is 96.1 Å². The molecule has 2 aromatic carbocycles. The van der Waals surface area contributed by atoms with E-state index in [1.165, 1.54) is 44.2 Å². The molecule has 1 aliphatic carbocycles. The minimum atomic E-state index is -0.625. The van der Waals surface area contributed by atoms with Crippen molar-refractivity contribution in [1.82, 2.24) is 19.6 Å². The normalized spacial score (nSPS) is 20.0. The van der Waals surface area contributed by atoms with Crippen molar-refractivity contribution in [3.8, 4) is 0 Å². The van der Waals surface area contributed by atoms with Gasteiger partial charge in [0.2, 0.25) is 11.8 Å². The highest BCUT2D eigenvalue weighted by atomic mass is 19.1. The van der Waals surface area contributed by atoms with Crippen molar-refractivity contribution in [2.75, 3.05) is 58.9 Å². The number of piperidine rings is 2. The van der Waals surface area contributed by atoms with Crippen LogP contribution in [0.3, 0.4) is 0 Å². The van der Waals surface area contributed by atoms with E-state index in [2.05, 4.69) is 4.90 Å². The Bertz CT molecular complexity index is 1550. The van der Waals surface area contributed by atoms with E-state index in [4.69, 9.17) is 10.1 Å². The van der Waals surface area contributed by atoms with Gasteiger partial charge in [-0.2, -0.15) is 0 Å². The molecule has 3 saturated heterocycles.